The molecule has 1 N–H and O–H groups in total. The molecule has 3 rings (SSSR count). The number of nitrogens with zero attached hydrogens (tertiary/aromatic N) is 1. The molecule has 2 heterocycles. The molecule has 1 aromatic heterocycles. The Balaban J connectivity index is 1.79. The second-order valence-electron chi connectivity index (χ2n) is 4.70. The summed E-state index contributed by atoms with van der Waals surface area (Å²) in [5.74, 6) is 2.36. The van der Waals surface area contributed by atoms with Crippen LogP contribution in [0.3, 0.4) is 0 Å². The van der Waals surface area contributed by atoms with Gasteiger partial charge in [0, 0.05) is 29.0 Å². The molecule has 0 aliphatic carbocycles. The number of thioether (sulfide) groups is 1. The van der Waals surface area contributed by atoms with Gasteiger partial charge in [-0.1, -0.05) is 31.2 Å². The van der Waals surface area contributed by atoms with Crippen LogP contribution in [0.15, 0.2) is 29.6 Å². The van der Waals surface area contributed by atoms with E-state index in [2.05, 4.69) is 41.9 Å². The number of hydrogen-bond acceptors (Lipinski definition) is 4. The summed E-state index contributed by atoms with van der Waals surface area (Å²) in [7, 11) is 0. The third-order valence-electron chi connectivity index (χ3n) is 3.40. The fourth-order valence-corrected chi connectivity index (χ4v) is 4.16. The number of rotatable bonds is 3. The number of thiazole rings is 1. The molecule has 4 heteroatoms. The minimum Gasteiger partial charge on any atom is -0.306 e. The highest BCUT2D eigenvalue weighted by atomic mass is 32.2. The lowest BCUT2D eigenvalue weighted by molar-refractivity contribution is 0.592. The Labute approximate surface area is 122 Å². The highest BCUT2D eigenvalue weighted by Gasteiger charge is 2.18. The van der Waals surface area contributed by atoms with Crippen molar-refractivity contribution in [2.75, 3.05) is 18.1 Å². The van der Waals surface area contributed by atoms with Crippen LogP contribution in [0.1, 0.15) is 23.5 Å². The number of aryl methyl sites for hydroxylation is 1. The van der Waals surface area contributed by atoms with E-state index in [1.165, 1.54) is 21.9 Å². The molecule has 1 aliphatic heterocycles. The van der Waals surface area contributed by atoms with E-state index in [1.54, 1.807) is 11.3 Å². The summed E-state index contributed by atoms with van der Waals surface area (Å²) >= 11 is 3.79. The Morgan fingerprint density at radius 2 is 2.16 bits per heavy atom. The third kappa shape index (κ3) is 3.02. The Morgan fingerprint density at radius 1 is 1.32 bits per heavy atom. The minimum atomic E-state index is 0.437. The molecule has 1 unspecified atom stereocenters. The van der Waals surface area contributed by atoms with E-state index >= 15 is 0 Å². The average Bonchev–Trinajstić information content (AvgIpc) is 2.98. The van der Waals surface area contributed by atoms with Crippen LogP contribution in [-0.2, 0) is 6.42 Å². The van der Waals surface area contributed by atoms with Crippen molar-refractivity contribution < 1.29 is 0 Å². The molecule has 100 valence electrons. The van der Waals surface area contributed by atoms with Crippen LogP contribution in [0.25, 0.3) is 11.3 Å². The van der Waals surface area contributed by atoms with Crippen LogP contribution in [0.5, 0.6) is 0 Å². The minimum absolute atomic E-state index is 0.437. The Hall–Kier alpha value is -0.840. The monoisotopic (exact) mass is 290 g/mol. The van der Waals surface area contributed by atoms with Gasteiger partial charge in [-0.25, -0.2) is 4.98 Å². The molecule has 1 aromatic carbocycles. The largest absolute Gasteiger partial charge is 0.306 e. The molecular weight excluding hydrogens is 272 g/mol. The van der Waals surface area contributed by atoms with E-state index in [1.807, 2.05) is 11.8 Å². The summed E-state index contributed by atoms with van der Waals surface area (Å²) in [6, 6.07) is 9.19. The van der Waals surface area contributed by atoms with Gasteiger partial charge in [0.25, 0.3) is 0 Å². The molecule has 2 aromatic rings. The first-order valence-corrected chi connectivity index (χ1v) is 8.76. The van der Waals surface area contributed by atoms with Gasteiger partial charge in [-0.2, -0.15) is 11.8 Å². The van der Waals surface area contributed by atoms with Crippen LogP contribution >= 0.6 is 23.1 Å². The van der Waals surface area contributed by atoms with Gasteiger partial charge in [-0.15, -0.1) is 11.3 Å². The van der Waals surface area contributed by atoms with Gasteiger partial charge in [0.2, 0.25) is 0 Å². The summed E-state index contributed by atoms with van der Waals surface area (Å²) in [4.78, 5) is 4.80. The molecule has 2 nitrogen and oxygen atoms in total. The second-order valence-corrected chi connectivity index (χ2v) is 6.74. The quantitative estimate of drug-likeness (QED) is 0.932. The maximum absolute atomic E-state index is 4.80. The normalized spacial score (nSPS) is 19.5. The van der Waals surface area contributed by atoms with E-state index in [4.69, 9.17) is 4.98 Å². The molecule has 1 fully saturated rings. The molecule has 1 atom stereocenters. The van der Waals surface area contributed by atoms with Crippen molar-refractivity contribution in [1.82, 2.24) is 10.3 Å². The lowest BCUT2D eigenvalue weighted by Crippen LogP contribution is -2.30. The Kier molecular flexibility index (Phi) is 4.21. The summed E-state index contributed by atoms with van der Waals surface area (Å²) in [6.45, 7) is 3.28. The van der Waals surface area contributed by atoms with E-state index in [-0.39, 0.29) is 0 Å². The fraction of sp³-hybridized carbons (Fsp3) is 0.400. The van der Waals surface area contributed by atoms with E-state index in [0.717, 1.165) is 24.4 Å². The Bertz CT molecular complexity index is 527. The zero-order valence-corrected chi connectivity index (χ0v) is 12.7. The van der Waals surface area contributed by atoms with Gasteiger partial charge >= 0.3 is 0 Å². The average molecular weight is 290 g/mol. The van der Waals surface area contributed by atoms with Gasteiger partial charge in [0.05, 0.1) is 11.7 Å². The van der Waals surface area contributed by atoms with Gasteiger partial charge in [0.1, 0.15) is 5.01 Å². The molecule has 19 heavy (non-hydrogen) atoms. The van der Waals surface area contributed by atoms with Crippen molar-refractivity contribution in [2.24, 2.45) is 0 Å². The first kappa shape index (κ1) is 13.2. The van der Waals surface area contributed by atoms with Crippen molar-refractivity contribution in [3.8, 4) is 11.3 Å². The van der Waals surface area contributed by atoms with Crippen molar-refractivity contribution in [1.29, 1.82) is 0 Å². The van der Waals surface area contributed by atoms with Gasteiger partial charge < -0.3 is 5.32 Å². The topological polar surface area (TPSA) is 24.9 Å². The summed E-state index contributed by atoms with van der Waals surface area (Å²) < 4.78 is 0. The number of hydrogen-bond donors (Lipinski definition) is 1. The lowest BCUT2D eigenvalue weighted by atomic mass is 10.1. The molecule has 0 saturated carbocycles. The fourth-order valence-electron chi connectivity index (χ4n) is 2.22. The standard InChI is InChI=1S/C15H18N2S2/c1-2-11-3-5-12(6-4-11)13-10-19-15(17-13)14-9-18-8-7-16-14/h3-6,10,14,16H,2,7-9H2,1H3. The van der Waals surface area contributed by atoms with Gasteiger partial charge in [-0.05, 0) is 12.0 Å². The van der Waals surface area contributed by atoms with Gasteiger partial charge in [0.15, 0.2) is 0 Å². The number of nitrogens with one attached hydrogen (secondary N) is 1. The van der Waals surface area contributed by atoms with Crippen molar-refractivity contribution in [3.05, 3.63) is 40.2 Å². The van der Waals surface area contributed by atoms with E-state index in [0.29, 0.717) is 6.04 Å². The van der Waals surface area contributed by atoms with Crippen LogP contribution < -0.4 is 5.32 Å². The number of benzene rings is 1. The molecule has 0 radical (unpaired) electrons. The molecule has 0 amide bonds. The second kappa shape index (κ2) is 6.07. The van der Waals surface area contributed by atoms with Crippen LogP contribution in [-0.4, -0.2) is 23.0 Å². The summed E-state index contributed by atoms with van der Waals surface area (Å²) in [5, 5.41) is 6.95. The predicted molar refractivity (Wildman–Crippen MR) is 85.0 cm³/mol. The van der Waals surface area contributed by atoms with E-state index < -0.39 is 0 Å². The zero-order chi connectivity index (χ0) is 13.1. The lowest BCUT2D eigenvalue weighted by Gasteiger charge is -2.20. The SMILES string of the molecule is CCc1ccc(-c2csc(C3CSCCN3)n2)cc1. The first-order chi connectivity index (χ1) is 9.36. The molecule has 1 aliphatic rings. The van der Waals surface area contributed by atoms with Crippen LogP contribution in [0.2, 0.25) is 0 Å². The third-order valence-corrected chi connectivity index (χ3v) is 5.42. The number of aromatic nitrogens is 1. The summed E-state index contributed by atoms with van der Waals surface area (Å²) in [6.07, 6.45) is 1.09. The van der Waals surface area contributed by atoms with Gasteiger partial charge in [-0.3, -0.25) is 0 Å². The molecule has 0 bridgehead atoms. The highest BCUT2D eigenvalue weighted by molar-refractivity contribution is 7.99. The van der Waals surface area contributed by atoms with Crippen molar-refractivity contribution in [2.45, 2.75) is 19.4 Å². The molecule has 1 saturated heterocycles. The molecule has 0 spiro atoms. The van der Waals surface area contributed by atoms with Crippen molar-refractivity contribution >= 4 is 23.1 Å². The summed E-state index contributed by atoms with van der Waals surface area (Å²) in [5.41, 5.74) is 3.72. The maximum Gasteiger partial charge on any atom is 0.111 e. The van der Waals surface area contributed by atoms with Crippen LogP contribution in [0.4, 0.5) is 0 Å². The maximum atomic E-state index is 4.80. The van der Waals surface area contributed by atoms with E-state index in [9.17, 15) is 0 Å². The Morgan fingerprint density at radius 3 is 2.84 bits per heavy atom. The molecular formula is C15H18N2S2. The highest BCUT2D eigenvalue weighted by Crippen LogP contribution is 2.28. The smallest absolute Gasteiger partial charge is 0.111 e. The zero-order valence-electron chi connectivity index (χ0n) is 11.1. The first-order valence-electron chi connectivity index (χ1n) is 6.72. The van der Waals surface area contributed by atoms with Crippen LogP contribution in [0, 0.1) is 0 Å². The van der Waals surface area contributed by atoms with Crippen molar-refractivity contribution in [3.63, 3.8) is 0 Å². The predicted octanol–water partition coefficient (Wildman–Crippen LogP) is 3.75.